The van der Waals surface area contributed by atoms with E-state index >= 15 is 0 Å². The molecule has 1 atom stereocenters. The molecule has 1 aromatic rings. The standard InChI is InChI=1S/C14H15N3O5S/c15-7-10-1-3-12(4-2-10)22-8-13(18)17-14(19)16-11-5-6-23(20,21)9-11/h1-4,11H,5-6,8-9H2,(H2,16,17,18,19)/t11-/m1/s1. The summed E-state index contributed by atoms with van der Waals surface area (Å²) in [7, 11) is -3.10. The third-order valence-electron chi connectivity index (χ3n) is 3.17. The molecule has 2 N–H and O–H groups in total. The first kappa shape index (κ1) is 16.8. The smallest absolute Gasteiger partial charge is 0.321 e. The summed E-state index contributed by atoms with van der Waals surface area (Å²) >= 11 is 0. The minimum atomic E-state index is -3.10. The van der Waals surface area contributed by atoms with Gasteiger partial charge in [0.15, 0.2) is 16.4 Å². The molecule has 23 heavy (non-hydrogen) atoms. The Hall–Kier alpha value is -2.60. The number of amides is 3. The summed E-state index contributed by atoms with van der Waals surface area (Å²) < 4.78 is 27.7. The fourth-order valence-corrected chi connectivity index (χ4v) is 3.74. The third kappa shape index (κ3) is 5.27. The van der Waals surface area contributed by atoms with E-state index in [2.05, 4.69) is 10.6 Å². The predicted octanol–water partition coefficient (Wildman–Crippen LogP) is -0.0500. The summed E-state index contributed by atoms with van der Waals surface area (Å²) in [5.41, 5.74) is 0.465. The van der Waals surface area contributed by atoms with Crippen LogP contribution in [0.25, 0.3) is 0 Å². The van der Waals surface area contributed by atoms with Gasteiger partial charge < -0.3 is 10.1 Å². The van der Waals surface area contributed by atoms with Crippen molar-refractivity contribution in [2.24, 2.45) is 0 Å². The molecule has 1 heterocycles. The van der Waals surface area contributed by atoms with E-state index in [0.717, 1.165) is 0 Å². The average Bonchev–Trinajstić information content (AvgIpc) is 2.84. The Kier molecular flexibility index (Phi) is 5.18. The Morgan fingerprint density at radius 2 is 2.00 bits per heavy atom. The molecule has 8 nitrogen and oxygen atoms in total. The fraction of sp³-hybridized carbons (Fsp3) is 0.357. The van der Waals surface area contributed by atoms with Gasteiger partial charge in [0.2, 0.25) is 0 Å². The highest BCUT2D eigenvalue weighted by Crippen LogP contribution is 2.12. The fourth-order valence-electron chi connectivity index (χ4n) is 2.07. The molecule has 1 fully saturated rings. The molecule has 1 aliphatic rings. The highest BCUT2D eigenvalue weighted by molar-refractivity contribution is 7.91. The summed E-state index contributed by atoms with van der Waals surface area (Å²) in [5.74, 6) is -0.349. The molecule has 0 unspecified atom stereocenters. The van der Waals surface area contributed by atoms with Crippen molar-refractivity contribution in [2.45, 2.75) is 12.5 Å². The number of hydrogen-bond acceptors (Lipinski definition) is 6. The number of carbonyl (C=O) groups excluding carboxylic acids is 2. The number of carbonyl (C=O) groups is 2. The Balaban J connectivity index is 1.73. The summed E-state index contributed by atoms with van der Waals surface area (Å²) in [6.07, 6.45) is 0.339. The van der Waals surface area contributed by atoms with Crippen molar-refractivity contribution in [1.82, 2.24) is 10.6 Å². The lowest BCUT2D eigenvalue weighted by Gasteiger charge is -2.11. The number of hydrogen-bond donors (Lipinski definition) is 2. The summed E-state index contributed by atoms with van der Waals surface area (Å²) in [6, 6.07) is 6.88. The molecule has 0 spiro atoms. The number of nitrogens with one attached hydrogen (secondary N) is 2. The van der Waals surface area contributed by atoms with Crippen LogP contribution in [0.15, 0.2) is 24.3 Å². The predicted molar refractivity (Wildman–Crippen MR) is 80.4 cm³/mol. The molecule has 3 amide bonds. The SMILES string of the molecule is N#Cc1ccc(OCC(=O)NC(=O)N[C@@H]2CCS(=O)(=O)C2)cc1. The minimum Gasteiger partial charge on any atom is -0.484 e. The molecule has 122 valence electrons. The lowest BCUT2D eigenvalue weighted by molar-refractivity contribution is -0.122. The molecule has 9 heteroatoms. The van der Waals surface area contributed by atoms with Gasteiger partial charge in [-0.1, -0.05) is 0 Å². The van der Waals surface area contributed by atoms with Crippen LogP contribution in [-0.2, 0) is 14.6 Å². The molecule has 1 aromatic carbocycles. The number of imide groups is 1. The number of urea groups is 1. The largest absolute Gasteiger partial charge is 0.484 e. The second-order valence-electron chi connectivity index (χ2n) is 5.05. The maximum atomic E-state index is 11.6. The van der Waals surface area contributed by atoms with Crippen molar-refractivity contribution < 1.29 is 22.7 Å². The molecule has 0 aromatic heterocycles. The first-order valence-corrected chi connectivity index (χ1v) is 8.64. The number of nitriles is 1. The van der Waals surface area contributed by atoms with Gasteiger partial charge in [0, 0.05) is 6.04 Å². The van der Waals surface area contributed by atoms with E-state index < -0.39 is 27.8 Å². The first-order valence-electron chi connectivity index (χ1n) is 6.82. The van der Waals surface area contributed by atoms with Crippen molar-refractivity contribution in [3.8, 4) is 11.8 Å². The molecule has 1 aliphatic heterocycles. The van der Waals surface area contributed by atoms with E-state index in [4.69, 9.17) is 10.00 Å². The molecule has 0 bridgehead atoms. The quantitative estimate of drug-likeness (QED) is 0.793. The molecule has 0 aliphatic carbocycles. The highest BCUT2D eigenvalue weighted by atomic mass is 32.2. The van der Waals surface area contributed by atoms with Crippen LogP contribution < -0.4 is 15.4 Å². The van der Waals surface area contributed by atoms with Crippen LogP contribution in [0.5, 0.6) is 5.75 Å². The maximum absolute atomic E-state index is 11.6. The van der Waals surface area contributed by atoms with Gasteiger partial charge in [0.1, 0.15) is 5.75 Å². The van der Waals surface area contributed by atoms with Crippen molar-refractivity contribution in [3.63, 3.8) is 0 Å². The zero-order valence-corrected chi connectivity index (χ0v) is 12.9. The van der Waals surface area contributed by atoms with Crippen LogP contribution in [0.1, 0.15) is 12.0 Å². The van der Waals surface area contributed by atoms with Crippen LogP contribution >= 0.6 is 0 Å². The highest BCUT2D eigenvalue weighted by Gasteiger charge is 2.29. The Morgan fingerprint density at radius 3 is 2.57 bits per heavy atom. The van der Waals surface area contributed by atoms with Crippen LogP contribution in [0.3, 0.4) is 0 Å². The summed E-state index contributed by atoms with van der Waals surface area (Å²) in [6.45, 7) is -0.373. The first-order chi connectivity index (χ1) is 10.9. The molecule has 0 saturated carbocycles. The average molecular weight is 337 g/mol. The third-order valence-corrected chi connectivity index (χ3v) is 4.94. The van der Waals surface area contributed by atoms with E-state index in [9.17, 15) is 18.0 Å². The maximum Gasteiger partial charge on any atom is 0.321 e. The van der Waals surface area contributed by atoms with Crippen LogP contribution in [0, 0.1) is 11.3 Å². The van der Waals surface area contributed by atoms with E-state index in [1.807, 2.05) is 6.07 Å². The van der Waals surface area contributed by atoms with E-state index in [1.54, 1.807) is 12.1 Å². The zero-order chi connectivity index (χ0) is 16.9. The van der Waals surface area contributed by atoms with Crippen molar-refractivity contribution in [2.75, 3.05) is 18.1 Å². The van der Waals surface area contributed by atoms with Crippen molar-refractivity contribution in [3.05, 3.63) is 29.8 Å². The van der Waals surface area contributed by atoms with E-state index in [0.29, 0.717) is 17.7 Å². The normalized spacial score (nSPS) is 18.7. The number of rotatable bonds is 4. The molecule has 1 saturated heterocycles. The van der Waals surface area contributed by atoms with Gasteiger partial charge in [0.05, 0.1) is 23.1 Å². The molecular weight excluding hydrogens is 322 g/mol. The Morgan fingerprint density at radius 1 is 1.30 bits per heavy atom. The zero-order valence-electron chi connectivity index (χ0n) is 12.1. The second-order valence-corrected chi connectivity index (χ2v) is 7.28. The summed E-state index contributed by atoms with van der Waals surface area (Å²) in [5, 5.41) is 13.2. The van der Waals surface area contributed by atoms with Gasteiger partial charge in [-0.15, -0.1) is 0 Å². The number of sulfone groups is 1. The molecule has 0 radical (unpaired) electrons. The van der Waals surface area contributed by atoms with E-state index in [1.165, 1.54) is 12.1 Å². The summed E-state index contributed by atoms with van der Waals surface area (Å²) in [4.78, 5) is 23.2. The monoisotopic (exact) mass is 337 g/mol. The van der Waals surface area contributed by atoms with Gasteiger partial charge in [-0.3, -0.25) is 10.1 Å². The lowest BCUT2D eigenvalue weighted by atomic mass is 10.2. The molecule has 2 rings (SSSR count). The van der Waals surface area contributed by atoms with Crippen molar-refractivity contribution >= 4 is 21.8 Å². The van der Waals surface area contributed by atoms with Crippen LogP contribution in [0.2, 0.25) is 0 Å². The minimum absolute atomic E-state index is 0.0354. The van der Waals surface area contributed by atoms with Gasteiger partial charge >= 0.3 is 6.03 Å². The van der Waals surface area contributed by atoms with Crippen LogP contribution in [-0.4, -0.2) is 44.5 Å². The topological polar surface area (TPSA) is 125 Å². The van der Waals surface area contributed by atoms with Gasteiger partial charge in [-0.25, -0.2) is 13.2 Å². The number of ether oxygens (including phenoxy) is 1. The van der Waals surface area contributed by atoms with Crippen molar-refractivity contribution in [1.29, 1.82) is 5.26 Å². The van der Waals surface area contributed by atoms with Gasteiger partial charge in [-0.2, -0.15) is 5.26 Å². The van der Waals surface area contributed by atoms with E-state index in [-0.39, 0.29) is 18.1 Å². The van der Waals surface area contributed by atoms with Gasteiger partial charge in [0.25, 0.3) is 5.91 Å². The Bertz CT molecular complexity index is 737. The number of benzene rings is 1. The second kappa shape index (κ2) is 7.11. The number of nitrogens with zero attached hydrogens (tertiary/aromatic N) is 1. The lowest BCUT2D eigenvalue weighted by Crippen LogP contribution is -2.46. The van der Waals surface area contributed by atoms with Gasteiger partial charge in [-0.05, 0) is 30.7 Å². The molecular formula is C14H15N3O5S. The van der Waals surface area contributed by atoms with Crippen LogP contribution in [0.4, 0.5) is 4.79 Å². The Labute approximate surface area is 133 Å².